The zero-order chi connectivity index (χ0) is 23.8. The van der Waals surface area contributed by atoms with Crippen molar-refractivity contribution in [3.8, 4) is 11.4 Å². The molecule has 0 radical (unpaired) electrons. The number of aldehydes is 1. The van der Waals surface area contributed by atoms with Crippen LogP contribution in [0.2, 0.25) is 0 Å². The monoisotopic (exact) mass is 468 g/mol. The van der Waals surface area contributed by atoms with Crippen LogP contribution < -0.4 is 16.0 Å². The minimum absolute atomic E-state index is 0.127. The van der Waals surface area contributed by atoms with Gasteiger partial charge in [-0.25, -0.2) is 13.4 Å². The van der Waals surface area contributed by atoms with Crippen LogP contribution in [-0.2, 0) is 9.84 Å². The highest BCUT2D eigenvalue weighted by molar-refractivity contribution is 7.90. The standard InChI is InChI=1S/C12H11N3O3S.C11H17N3/c1-19(17,18)8-2-4-10(14-6-8)11-5-3-9(13)12(7-16)15-11;1-12-10-9-13-6-5-11(10)14-7-3-2-4-8-14/h2-7H,13H2,1H3;5-6,9,12H,2-4,7-8H2,1H3. The smallest absolute Gasteiger partial charge is 0.177 e. The van der Waals surface area contributed by atoms with Crippen LogP contribution in [0.1, 0.15) is 29.8 Å². The molecule has 10 heteroatoms. The van der Waals surface area contributed by atoms with E-state index < -0.39 is 9.84 Å². The molecule has 9 nitrogen and oxygen atoms in total. The normalized spacial score (nSPS) is 13.6. The zero-order valence-electron chi connectivity index (χ0n) is 18.7. The second-order valence-electron chi connectivity index (χ2n) is 7.63. The van der Waals surface area contributed by atoms with Crippen LogP contribution in [0.15, 0.2) is 53.8 Å². The van der Waals surface area contributed by atoms with Crippen molar-refractivity contribution in [2.45, 2.75) is 24.2 Å². The predicted octanol–water partition coefficient (Wildman–Crippen LogP) is 3.06. The lowest BCUT2D eigenvalue weighted by atomic mass is 10.1. The molecule has 1 aliphatic heterocycles. The quantitative estimate of drug-likeness (QED) is 0.542. The highest BCUT2D eigenvalue weighted by Crippen LogP contribution is 2.26. The average molecular weight is 469 g/mol. The third-order valence-electron chi connectivity index (χ3n) is 5.26. The number of anilines is 3. The van der Waals surface area contributed by atoms with Gasteiger partial charge in [-0.15, -0.1) is 0 Å². The maximum Gasteiger partial charge on any atom is 0.177 e. The van der Waals surface area contributed by atoms with E-state index >= 15 is 0 Å². The van der Waals surface area contributed by atoms with Crippen molar-refractivity contribution in [1.29, 1.82) is 0 Å². The number of carbonyl (C=O) groups is 1. The third-order valence-corrected chi connectivity index (χ3v) is 6.36. The fraction of sp³-hybridized carbons (Fsp3) is 0.304. The Morgan fingerprint density at radius 1 is 1.03 bits per heavy atom. The molecule has 0 amide bonds. The first kappa shape index (κ1) is 24.1. The van der Waals surface area contributed by atoms with Crippen molar-refractivity contribution in [3.05, 3.63) is 54.6 Å². The van der Waals surface area contributed by atoms with Crippen molar-refractivity contribution in [2.24, 2.45) is 0 Å². The minimum atomic E-state index is -3.28. The molecule has 1 aliphatic rings. The van der Waals surface area contributed by atoms with Gasteiger partial charge in [-0.05, 0) is 49.6 Å². The summed E-state index contributed by atoms with van der Waals surface area (Å²) in [4.78, 5) is 25.5. The summed E-state index contributed by atoms with van der Waals surface area (Å²) in [5.41, 5.74) is 9.33. The Morgan fingerprint density at radius 3 is 2.36 bits per heavy atom. The number of nitrogens with one attached hydrogen (secondary N) is 1. The van der Waals surface area contributed by atoms with E-state index in [0.717, 1.165) is 11.9 Å². The maximum absolute atomic E-state index is 11.3. The molecule has 4 heterocycles. The van der Waals surface area contributed by atoms with Gasteiger partial charge in [0.05, 0.1) is 39.5 Å². The van der Waals surface area contributed by atoms with Crippen LogP contribution in [0.3, 0.4) is 0 Å². The van der Waals surface area contributed by atoms with E-state index in [1.165, 1.54) is 56.4 Å². The molecule has 0 saturated carbocycles. The molecular formula is C23H28N6O3S. The van der Waals surface area contributed by atoms with Gasteiger partial charge in [0.2, 0.25) is 0 Å². The largest absolute Gasteiger partial charge is 0.397 e. The van der Waals surface area contributed by atoms with Crippen LogP contribution in [-0.4, -0.2) is 56.0 Å². The van der Waals surface area contributed by atoms with Gasteiger partial charge in [-0.2, -0.15) is 0 Å². The summed E-state index contributed by atoms with van der Waals surface area (Å²) in [6, 6.07) is 8.24. The molecule has 1 saturated heterocycles. The molecule has 4 rings (SSSR count). The van der Waals surface area contributed by atoms with Gasteiger partial charge in [0, 0.05) is 38.8 Å². The molecular weight excluding hydrogens is 440 g/mol. The number of sulfone groups is 1. The fourth-order valence-electron chi connectivity index (χ4n) is 3.46. The van der Waals surface area contributed by atoms with Crippen LogP contribution >= 0.6 is 0 Å². The van der Waals surface area contributed by atoms with E-state index in [1.807, 2.05) is 19.4 Å². The number of nitrogens with two attached hydrogens (primary N) is 1. The Morgan fingerprint density at radius 2 is 1.76 bits per heavy atom. The lowest BCUT2D eigenvalue weighted by molar-refractivity contribution is 0.112. The molecule has 174 valence electrons. The number of piperidine rings is 1. The molecule has 3 aromatic rings. The van der Waals surface area contributed by atoms with Crippen LogP contribution in [0.4, 0.5) is 17.1 Å². The number of nitrogens with zero attached hydrogens (tertiary/aromatic N) is 4. The van der Waals surface area contributed by atoms with Crippen LogP contribution in [0.5, 0.6) is 0 Å². The Kier molecular flexibility index (Phi) is 7.94. The average Bonchev–Trinajstić information content (AvgIpc) is 2.85. The van der Waals surface area contributed by atoms with E-state index in [0.29, 0.717) is 17.7 Å². The first-order chi connectivity index (χ1) is 15.8. The molecule has 0 atom stereocenters. The number of rotatable bonds is 5. The van der Waals surface area contributed by atoms with Crippen LogP contribution in [0, 0.1) is 0 Å². The van der Waals surface area contributed by atoms with E-state index in [1.54, 1.807) is 12.1 Å². The molecule has 3 N–H and O–H groups in total. The van der Waals surface area contributed by atoms with Crippen molar-refractivity contribution >= 4 is 33.2 Å². The lowest BCUT2D eigenvalue weighted by Gasteiger charge is -2.30. The molecule has 1 fully saturated rings. The van der Waals surface area contributed by atoms with E-state index in [4.69, 9.17) is 5.73 Å². The molecule has 0 spiro atoms. The number of carbonyl (C=O) groups excluding carboxylic acids is 1. The Bertz CT molecular complexity index is 1190. The van der Waals surface area contributed by atoms with Crippen molar-refractivity contribution in [1.82, 2.24) is 15.0 Å². The van der Waals surface area contributed by atoms with Gasteiger partial charge in [-0.3, -0.25) is 14.8 Å². The zero-order valence-corrected chi connectivity index (χ0v) is 19.5. The first-order valence-corrected chi connectivity index (χ1v) is 12.5. The number of hydrogen-bond donors (Lipinski definition) is 2. The second-order valence-corrected chi connectivity index (χ2v) is 9.65. The second kappa shape index (κ2) is 10.9. The lowest BCUT2D eigenvalue weighted by Crippen LogP contribution is -2.29. The number of hydrogen-bond acceptors (Lipinski definition) is 9. The van der Waals surface area contributed by atoms with Gasteiger partial charge in [0.1, 0.15) is 5.69 Å². The highest BCUT2D eigenvalue weighted by Gasteiger charge is 2.13. The van der Waals surface area contributed by atoms with Gasteiger partial charge in [-0.1, -0.05) is 0 Å². The molecule has 0 aliphatic carbocycles. The minimum Gasteiger partial charge on any atom is -0.397 e. The number of nitrogen functional groups attached to an aromatic ring is 1. The topological polar surface area (TPSA) is 131 Å². The summed E-state index contributed by atoms with van der Waals surface area (Å²) in [5, 5.41) is 3.19. The summed E-state index contributed by atoms with van der Waals surface area (Å²) < 4.78 is 22.6. The van der Waals surface area contributed by atoms with Gasteiger partial charge in [0.15, 0.2) is 16.1 Å². The van der Waals surface area contributed by atoms with Crippen molar-refractivity contribution < 1.29 is 13.2 Å². The third kappa shape index (κ3) is 6.26. The van der Waals surface area contributed by atoms with Gasteiger partial charge >= 0.3 is 0 Å². The first-order valence-electron chi connectivity index (χ1n) is 10.6. The summed E-state index contributed by atoms with van der Waals surface area (Å²) in [5.74, 6) is 0. The molecule has 0 bridgehead atoms. The highest BCUT2D eigenvalue weighted by atomic mass is 32.2. The van der Waals surface area contributed by atoms with Gasteiger partial charge < -0.3 is 16.0 Å². The number of aromatic nitrogens is 3. The fourth-order valence-corrected chi connectivity index (χ4v) is 4.02. The summed E-state index contributed by atoms with van der Waals surface area (Å²) in [7, 11) is -1.33. The summed E-state index contributed by atoms with van der Waals surface area (Å²) >= 11 is 0. The Labute approximate surface area is 194 Å². The van der Waals surface area contributed by atoms with Gasteiger partial charge in [0.25, 0.3) is 0 Å². The number of pyridine rings is 3. The predicted molar refractivity (Wildman–Crippen MR) is 130 cm³/mol. The van der Waals surface area contributed by atoms with E-state index in [-0.39, 0.29) is 16.3 Å². The van der Waals surface area contributed by atoms with E-state index in [2.05, 4.69) is 31.2 Å². The maximum atomic E-state index is 11.3. The molecule has 0 unspecified atom stereocenters. The molecule has 33 heavy (non-hydrogen) atoms. The molecule has 0 aromatic carbocycles. The summed E-state index contributed by atoms with van der Waals surface area (Å²) in [6.07, 6.45) is 10.7. The SMILES string of the molecule is CNc1cnccc1N1CCCCC1.CS(=O)(=O)c1ccc(-c2ccc(N)c(C=O)n2)nc1. The molecule has 3 aromatic heterocycles. The van der Waals surface area contributed by atoms with Crippen LogP contribution in [0.25, 0.3) is 11.4 Å². The van der Waals surface area contributed by atoms with Crippen molar-refractivity contribution in [2.75, 3.05) is 42.3 Å². The Hall–Kier alpha value is -3.53. The van der Waals surface area contributed by atoms with E-state index in [9.17, 15) is 13.2 Å². The van der Waals surface area contributed by atoms with Crippen molar-refractivity contribution in [3.63, 3.8) is 0 Å². The Balaban J connectivity index is 0.000000194. The summed E-state index contributed by atoms with van der Waals surface area (Å²) in [6.45, 7) is 2.36.